The molecule has 1 unspecified atom stereocenters. The minimum absolute atomic E-state index is 0.0915. The second-order valence-corrected chi connectivity index (χ2v) is 4.85. The van der Waals surface area contributed by atoms with Gasteiger partial charge in [-0.2, -0.15) is 0 Å². The first-order valence-corrected chi connectivity index (χ1v) is 6.46. The Bertz CT molecular complexity index is 462. The van der Waals surface area contributed by atoms with Gasteiger partial charge < -0.3 is 10.0 Å². The Morgan fingerprint density at radius 2 is 1.79 bits per heavy atom. The van der Waals surface area contributed by atoms with Gasteiger partial charge in [0.05, 0.1) is 5.92 Å². The van der Waals surface area contributed by atoms with Crippen LogP contribution in [-0.4, -0.2) is 35.0 Å². The highest BCUT2D eigenvalue weighted by Crippen LogP contribution is 2.16. The number of benzene rings is 1. The quantitative estimate of drug-likeness (QED) is 0.888. The van der Waals surface area contributed by atoms with E-state index in [9.17, 15) is 9.59 Å². The molecule has 4 nitrogen and oxygen atoms in total. The third kappa shape index (κ3) is 3.56. The van der Waals surface area contributed by atoms with Gasteiger partial charge in [-0.15, -0.1) is 0 Å². The van der Waals surface area contributed by atoms with Crippen LogP contribution in [0.4, 0.5) is 0 Å². The predicted molar refractivity (Wildman–Crippen MR) is 74.3 cm³/mol. The first-order valence-electron chi connectivity index (χ1n) is 6.46. The van der Waals surface area contributed by atoms with Crippen molar-refractivity contribution in [3.05, 3.63) is 34.9 Å². The Kier molecular flexibility index (Phi) is 5.10. The van der Waals surface area contributed by atoms with Crippen LogP contribution in [0.25, 0.3) is 0 Å². The van der Waals surface area contributed by atoms with E-state index in [0.29, 0.717) is 12.1 Å². The molecule has 0 heterocycles. The minimum Gasteiger partial charge on any atom is -0.481 e. The summed E-state index contributed by atoms with van der Waals surface area (Å²) >= 11 is 0. The lowest BCUT2D eigenvalue weighted by Gasteiger charge is -2.24. The number of hydrogen-bond acceptors (Lipinski definition) is 2. The third-order valence-electron chi connectivity index (χ3n) is 3.28. The lowest BCUT2D eigenvalue weighted by molar-refractivity contribution is -0.141. The summed E-state index contributed by atoms with van der Waals surface area (Å²) in [5.41, 5.74) is 2.53. The maximum absolute atomic E-state index is 12.5. The number of carbonyl (C=O) groups is 2. The van der Waals surface area contributed by atoms with Gasteiger partial charge in [0.15, 0.2) is 0 Å². The first kappa shape index (κ1) is 15.2. The average molecular weight is 263 g/mol. The van der Waals surface area contributed by atoms with Crippen molar-refractivity contribution in [2.75, 3.05) is 13.1 Å². The largest absolute Gasteiger partial charge is 0.481 e. The fourth-order valence-electron chi connectivity index (χ4n) is 2.07. The number of carboxylic acids is 1. The van der Waals surface area contributed by atoms with Crippen LogP contribution in [0.5, 0.6) is 0 Å². The monoisotopic (exact) mass is 263 g/mol. The molecular formula is C15H21NO3. The van der Waals surface area contributed by atoms with Crippen molar-refractivity contribution >= 4 is 11.9 Å². The number of nitrogens with zero attached hydrogens (tertiary/aromatic N) is 1. The van der Waals surface area contributed by atoms with Crippen LogP contribution in [0.3, 0.4) is 0 Å². The summed E-state index contributed by atoms with van der Waals surface area (Å²) in [7, 11) is 0. The van der Waals surface area contributed by atoms with Crippen LogP contribution in [0.15, 0.2) is 18.2 Å². The Morgan fingerprint density at radius 3 is 2.21 bits per heavy atom. The number of rotatable bonds is 5. The second kappa shape index (κ2) is 6.36. The SMILES string of the molecule is CCN(CC(C)C(=O)O)C(=O)c1c(C)cccc1C. The fourth-order valence-corrected chi connectivity index (χ4v) is 2.07. The van der Waals surface area contributed by atoms with Crippen LogP contribution in [0.2, 0.25) is 0 Å². The maximum atomic E-state index is 12.5. The van der Waals surface area contributed by atoms with E-state index in [2.05, 4.69) is 0 Å². The summed E-state index contributed by atoms with van der Waals surface area (Å²) in [6, 6.07) is 5.71. The number of carboxylic acid groups (broad SMARTS) is 1. The van der Waals surface area contributed by atoms with Crippen LogP contribution in [0, 0.1) is 19.8 Å². The van der Waals surface area contributed by atoms with Gasteiger partial charge in [0.2, 0.25) is 0 Å². The Hall–Kier alpha value is -1.84. The van der Waals surface area contributed by atoms with Crippen molar-refractivity contribution in [1.29, 1.82) is 0 Å². The summed E-state index contributed by atoms with van der Waals surface area (Å²) in [4.78, 5) is 25.0. The molecule has 1 aromatic carbocycles. The van der Waals surface area contributed by atoms with E-state index >= 15 is 0 Å². The molecule has 0 aliphatic rings. The Morgan fingerprint density at radius 1 is 1.26 bits per heavy atom. The number of amides is 1. The molecule has 1 rings (SSSR count). The molecule has 1 amide bonds. The van der Waals surface area contributed by atoms with Crippen LogP contribution in [-0.2, 0) is 4.79 Å². The van der Waals surface area contributed by atoms with E-state index in [1.165, 1.54) is 0 Å². The molecule has 0 saturated heterocycles. The van der Waals surface area contributed by atoms with Crippen molar-refractivity contribution in [1.82, 2.24) is 4.90 Å². The molecule has 0 aliphatic carbocycles. The number of carbonyl (C=O) groups excluding carboxylic acids is 1. The third-order valence-corrected chi connectivity index (χ3v) is 3.28. The van der Waals surface area contributed by atoms with E-state index in [1.807, 2.05) is 39.0 Å². The molecule has 0 bridgehead atoms. The van der Waals surface area contributed by atoms with Crippen molar-refractivity contribution in [2.45, 2.75) is 27.7 Å². The van der Waals surface area contributed by atoms with E-state index in [4.69, 9.17) is 5.11 Å². The summed E-state index contributed by atoms with van der Waals surface area (Å²) in [6.07, 6.45) is 0. The summed E-state index contributed by atoms with van der Waals surface area (Å²) in [5.74, 6) is -1.54. The zero-order valence-corrected chi connectivity index (χ0v) is 11.9. The van der Waals surface area contributed by atoms with Gasteiger partial charge in [0.25, 0.3) is 5.91 Å². The Balaban J connectivity index is 2.99. The molecule has 0 radical (unpaired) electrons. The molecule has 1 N–H and O–H groups in total. The smallest absolute Gasteiger partial charge is 0.308 e. The lowest BCUT2D eigenvalue weighted by atomic mass is 10.0. The van der Waals surface area contributed by atoms with Crippen LogP contribution < -0.4 is 0 Å². The molecule has 19 heavy (non-hydrogen) atoms. The number of aryl methyl sites for hydroxylation is 2. The fraction of sp³-hybridized carbons (Fsp3) is 0.467. The maximum Gasteiger partial charge on any atom is 0.308 e. The molecule has 0 aromatic heterocycles. The van der Waals surface area contributed by atoms with Crippen molar-refractivity contribution in [3.8, 4) is 0 Å². The van der Waals surface area contributed by atoms with Gasteiger partial charge in [-0.05, 0) is 31.9 Å². The number of hydrogen-bond donors (Lipinski definition) is 1. The normalized spacial score (nSPS) is 12.0. The van der Waals surface area contributed by atoms with Gasteiger partial charge in [0.1, 0.15) is 0 Å². The molecule has 0 spiro atoms. The van der Waals surface area contributed by atoms with Crippen LogP contribution in [0.1, 0.15) is 35.3 Å². The van der Waals surface area contributed by atoms with Gasteiger partial charge in [-0.3, -0.25) is 9.59 Å². The molecule has 1 aromatic rings. The standard InChI is InChI=1S/C15H21NO3/c1-5-16(9-12(4)15(18)19)14(17)13-10(2)7-6-8-11(13)3/h6-8,12H,5,9H2,1-4H3,(H,18,19). The molecule has 0 aliphatic heterocycles. The molecule has 0 fully saturated rings. The zero-order chi connectivity index (χ0) is 14.6. The molecule has 104 valence electrons. The summed E-state index contributed by atoms with van der Waals surface area (Å²) in [6.45, 7) is 8.01. The Labute approximate surface area is 114 Å². The van der Waals surface area contributed by atoms with E-state index < -0.39 is 11.9 Å². The highest BCUT2D eigenvalue weighted by molar-refractivity contribution is 5.97. The highest BCUT2D eigenvalue weighted by atomic mass is 16.4. The van der Waals surface area contributed by atoms with Crippen molar-refractivity contribution in [2.24, 2.45) is 5.92 Å². The van der Waals surface area contributed by atoms with Gasteiger partial charge in [0, 0.05) is 18.7 Å². The van der Waals surface area contributed by atoms with Crippen molar-refractivity contribution < 1.29 is 14.7 Å². The molecular weight excluding hydrogens is 242 g/mol. The molecule has 1 atom stereocenters. The molecule has 0 saturated carbocycles. The van der Waals surface area contributed by atoms with Gasteiger partial charge in [-0.1, -0.05) is 25.1 Å². The van der Waals surface area contributed by atoms with Crippen molar-refractivity contribution in [3.63, 3.8) is 0 Å². The predicted octanol–water partition coefficient (Wildman–Crippen LogP) is 2.49. The summed E-state index contributed by atoms with van der Waals surface area (Å²) < 4.78 is 0. The average Bonchev–Trinajstić information content (AvgIpc) is 2.34. The second-order valence-electron chi connectivity index (χ2n) is 4.85. The highest BCUT2D eigenvalue weighted by Gasteiger charge is 2.22. The van der Waals surface area contributed by atoms with Gasteiger partial charge >= 0.3 is 5.97 Å². The van der Waals surface area contributed by atoms with E-state index in [-0.39, 0.29) is 12.5 Å². The summed E-state index contributed by atoms with van der Waals surface area (Å²) in [5, 5.41) is 8.95. The topological polar surface area (TPSA) is 57.6 Å². The minimum atomic E-state index is -0.882. The van der Waals surface area contributed by atoms with Crippen LogP contribution >= 0.6 is 0 Å². The number of aliphatic carboxylic acids is 1. The first-order chi connectivity index (χ1) is 8.88. The zero-order valence-electron chi connectivity index (χ0n) is 11.9. The van der Waals surface area contributed by atoms with E-state index in [1.54, 1.807) is 11.8 Å². The molecule has 4 heteroatoms. The van der Waals surface area contributed by atoms with E-state index in [0.717, 1.165) is 11.1 Å². The van der Waals surface area contributed by atoms with Gasteiger partial charge in [-0.25, -0.2) is 0 Å². The lowest BCUT2D eigenvalue weighted by Crippen LogP contribution is -2.37.